The van der Waals surface area contributed by atoms with Gasteiger partial charge in [0, 0.05) is 18.0 Å². The van der Waals surface area contributed by atoms with E-state index in [4.69, 9.17) is 4.42 Å². The van der Waals surface area contributed by atoms with Crippen LogP contribution in [0.15, 0.2) is 47.1 Å². The first kappa shape index (κ1) is 17.4. The zero-order chi connectivity index (χ0) is 17.8. The van der Waals surface area contributed by atoms with Crippen molar-refractivity contribution in [3.8, 4) is 10.8 Å². The number of thiazole rings is 1. The van der Waals surface area contributed by atoms with Crippen molar-refractivity contribution in [2.24, 2.45) is 0 Å². The minimum absolute atomic E-state index is 0.163. The van der Waals surface area contributed by atoms with E-state index in [1.54, 1.807) is 6.26 Å². The lowest BCUT2D eigenvalue weighted by Gasteiger charge is -2.10. The average Bonchev–Trinajstić information content (AvgIpc) is 3.23. The number of nitrogens with one attached hydrogen (secondary N) is 1. The van der Waals surface area contributed by atoms with Gasteiger partial charge >= 0.3 is 0 Å². The smallest absolute Gasteiger partial charge is 0.271 e. The van der Waals surface area contributed by atoms with Crippen molar-refractivity contribution in [3.05, 3.63) is 64.4 Å². The van der Waals surface area contributed by atoms with Gasteiger partial charge in [-0.15, -0.1) is 11.3 Å². The van der Waals surface area contributed by atoms with Crippen LogP contribution < -0.4 is 5.32 Å². The molecule has 0 bridgehead atoms. The second kappa shape index (κ2) is 7.63. The molecular weight excluding hydrogens is 334 g/mol. The van der Waals surface area contributed by atoms with Gasteiger partial charge in [-0.1, -0.05) is 24.3 Å². The Bertz CT molecular complexity index is 836. The molecule has 0 unspecified atom stereocenters. The summed E-state index contributed by atoms with van der Waals surface area (Å²) in [6, 6.07) is 11.9. The van der Waals surface area contributed by atoms with E-state index >= 15 is 0 Å². The molecule has 0 aliphatic carbocycles. The van der Waals surface area contributed by atoms with Crippen molar-refractivity contribution in [1.29, 1.82) is 0 Å². The molecule has 3 rings (SSSR count). The number of rotatable bonds is 6. The fraction of sp³-hybridized carbons (Fsp3) is 0.263. The predicted molar refractivity (Wildman–Crippen MR) is 99.6 cm³/mol. The van der Waals surface area contributed by atoms with Gasteiger partial charge in [-0.05, 0) is 44.3 Å². The van der Waals surface area contributed by atoms with Crippen LogP contribution in [0.5, 0.6) is 0 Å². The summed E-state index contributed by atoms with van der Waals surface area (Å²) < 4.78 is 5.35. The van der Waals surface area contributed by atoms with E-state index in [1.165, 1.54) is 16.9 Å². The second-order valence-corrected chi connectivity index (χ2v) is 7.34. The van der Waals surface area contributed by atoms with Crippen molar-refractivity contribution in [2.75, 3.05) is 14.1 Å². The Hall–Kier alpha value is -2.44. The van der Waals surface area contributed by atoms with Crippen molar-refractivity contribution < 1.29 is 9.21 Å². The Kier molecular flexibility index (Phi) is 5.31. The predicted octanol–water partition coefficient (Wildman–Crippen LogP) is 3.70. The maximum atomic E-state index is 12.4. The summed E-state index contributed by atoms with van der Waals surface area (Å²) in [5.74, 6) is 0.521. The molecule has 130 valence electrons. The Morgan fingerprint density at radius 3 is 2.56 bits per heavy atom. The van der Waals surface area contributed by atoms with Gasteiger partial charge in [0.25, 0.3) is 5.91 Å². The molecule has 6 heteroatoms. The normalized spacial score (nSPS) is 11.0. The zero-order valence-corrected chi connectivity index (χ0v) is 15.4. The first-order valence-electron chi connectivity index (χ1n) is 8.05. The number of furan rings is 1. The van der Waals surface area contributed by atoms with Crippen molar-refractivity contribution in [3.63, 3.8) is 0 Å². The van der Waals surface area contributed by atoms with Gasteiger partial charge in [-0.25, -0.2) is 4.98 Å². The highest BCUT2D eigenvalue weighted by Gasteiger charge is 2.17. The van der Waals surface area contributed by atoms with Crippen LogP contribution in [0.25, 0.3) is 10.8 Å². The highest BCUT2D eigenvalue weighted by atomic mass is 32.1. The summed E-state index contributed by atoms with van der Waals surface area (Å²) >= 11 is 1.46. The van der Waals surface area contributed by atoms with E-state index < -0.39 is 0 Å². The Morgan fingerprint density at radius 1 is 1.20 bits per heavy atom. The van der Waals surface area contributed by atoms with Gasteiger partial charge in [0.05, 0.1) is 6.26 Å². The van der Waals surface area contributed by atoms with E-state index in [2.05, 4.69) is 27.3 Å². The fourth-order valence-corrected chi connectivity index (χ4v) is 3.39. The molecular formula is C19H21N3O2S. The summed E-state index contributed by atoms with van der Waals surface area (Å²) in [6.07, 6.45) is 1.60. The van der Waals surface area contributed by atoms with Gasteiger partial charge in [0.15, 0.2) is 10.8 Å². The van der Waals surface area contributed by atoms with E-state index in [0.717, 1.165) is 22.0 Å². The molecule has 2 heterocycles. The number of nitrogens with zero attached hydrogens (tertiary/aromatic N) is 2. The SMILES string of the molecule is Cc1sc(-c2ccco2)nc1C(=O)NCc1ccc(CN(C)C)cc1. The van der Waals surface area contributed by atoms with E-state index in [0.29, 0.717) is 18.0 Å². The number of hydrogen-bond acceptors (Lipinski definition) is 5. The van der Waals surface area contributed by atoms with Gasteiger partial charge < -0.3 is 14.6 Å². The van der Waals surface area contributed by atoms with Crippen LogP contribution in [0, 0.1) is 6.92 Å². The molecule has 2 aromatic heterocycles. The molecule has 0 aliphatic rings. The summed E-state index contributed by atoms with van der Waals surface area (Å²) in [6.45, 7) is 3.28. The lowest BCUT2D eigenvalue weighted by molar-refractivity contribution is 0.0946. The quantitative estimate of drug-likeness (QED) is 0.732. The van der Waals surface area contributed by atoms with Crippen LogP contribution in [0.3, 0.4) is 0 Å². The van der Waals surface area contributed by atoms with Gasteiger partial charge in [0.1, 0.15) is 5.69 Å². The number of aryl methyl sites for hydroxylation is 1. The summed E-state index contributed by atoms with van der Waals surface area (Å²) in [5, 5.41) is 3.66. The van der Waals surface area contributed by atoms with Crippen molar-refractivity contribution in [1.82, 2.24) is 15.2 Å². The maximum Gasteiger partial charge on any atom is 0.271 e. The van der Waals surface area contributed by atoms with Crippen LogP contribution in [0.1, 0.15) is 26.5 Å². The van der Waals surface area contributed by atoms with Crippen LogP contribution in [0.2, 0.25) is 0 Å². The molecule has 0 saturated heterocycles. The number of carbonyl (C=O) groups excluding carboxylic acids is 1. The lowest BCUT2D eigenvalue weighted by Crippen LogP contribution is -2.23. The topological polar surface area (TPSA) is 58.4 Å². The largest absolute Gasteiger partial charge is 0.462 e. The van der Waals surface area contributed by atoms with Crippen LogP contribution in [-0.4, -0.2) is 29.9 Å². The molecule has 0 saturated carbocycles. The molecule has 5 nitrogen and oxygen atoms in total. The number of benzene rings is 1. The molecule has 25 heavy (non-hydrogen) atoms. The van der Waals surface area contributed by atoms with Crippen LogP contribution in [0.4, 0.5) is 0 Å². The number of carbonyl (C=O) groups is 1. The molecule has 0 fully saturated rings. The minimum atomic E-state index is -0.163. The molecule has 1 aromatic carbocycles. The molecule has 0 spiro atoms. The Labute approximate surface area is 151 Å². The fourth-order valence-electron chi connectivity index (χ4n) is 2.51. The number of amides is 1. The first-order valence-corrected chi connectivity index (χ1v) is 8.86. The third-order valence-corrected chi connectivity index (χ3v) is 4.70. The van der Waals surface area contributed by atoms with E-state index in [-0.39, 0.29) is 5.91 Å². The van der Waals surface area contributed by atoms with E-state index in [9.17, 15) is 4.79 Å². The number of hydrogen-bond donors (Lipinski definition) is 1. The maximum absolute atomic E-state index is 12.4. The number of aromatic nitrogens is 1. The molecule has 1 N–H and O–H groups in total. The van der Waals surface area contributed by atoms with Gasteiger partial charge in [-0.2, -0.15) is 0 Å². The highest BCUT2D eigenvalue weighted by molar-refractivity contribution is 7.15. The Morgan fingerprint density at radius 2 is 1.92 bits per heavy atom. The van der Waals surface area contributed by atoms with E-state index in [1.807, 2.05) is 45.3 Å². The first-order chi connectivity index (χ1) is 12.0. The van der Waals surface area contributed by atoms with Gasteiger partial charge in [0.2, 0.25) is 0 Å². The molecule has 1 amide bonds. The third kappa shape index (κ3) is 4.35. The highest BCUT2D eigenvalue weighted by Crippen LogP contribution is 2.27. The molecule has 3 aromatic rings. The van der Waals surface area contributed by atoms with Gasteiger partial charge in [-0.3, -0.25) is 4.79 Å². The lowest BCUT2D eigenvalue weighted by atomic mass is 10.1. The summed E-state index contributed by atoms with van der Waals surface area (Å²) in [7, 11) is 4.09. The average molecular weight is 355 g/mol. The molecule has 0 radical (unpaired) electrons. The summed E-state index contributed by atoms with van der Waals surface area (Å²) in [4.78, 5) is 19.9. The standard InChI is InChI=1S/C19H21N3O2S/c1-13-17(21-19(25-13)16-5-4-10-24-16)18(23)20-11-14-6-8-15(9-7-14)12-22(2)3/h4-10H,11-12H2,1-3H3,(H,20,23). The van der Waals surface area contributed by atoms with Crippen molar-refractivity contribution in [2.45, 2.75) is 20.0 Å². The zero-order valence-electron chi connectivity index (χ0n) is 14.6. The van der Waals surface area contributed by atoms with Crippen molar-refractivity contribution >= 4 is 17.2 Å². The minimum Gasteiger partial charge on any atom is -0.462 e. The monoisotopic (exact) mass is 355 g/mol. The summed E-state index contributed by atoms with van der Waals surface area (Å²) in [5.41, 5.74) is 2.77. The third-order valence-electron chi connectivity index (χ3n) is 3.72. The Balaban J connectivity index is 1.63. The molecule has 0 atom stereocenters. The second-order valence-electron chi connectivity index (χ2n) is 6.14. The van der Waals surface area contributed by atoms with Crippen LogP contribution in [-0.2, 0) is 13.1 Å². The molecule has 0 aliphatic heterocycles. The van der Waals surface area contributed by atoms with Crippen LogP contribution >= 0.6 is 11.3 Å².